The predicted molar refractivity (Wildman–Crippen MR) is 82.7 cm³/mol. The highest BCUT2D eigenvalue weighted by Crippen LogP contribution is 2.21. The van der Waals surface area contributed by atoms with Crippen LogP contribution in [0.1, 0.15) is 5.56 Å². The van der Waals surface area contributed by atoms with Crippen molar-refractivity contribution in [3.63, 3.8) is 0 Å². The summed E-state index contributed by atoms with van der Waals surface area (Å²) in [4.78, 5) is 12.0. The standard InChI is InChI=1S/C15H16N2O3S/c1-11-13(16)8-5-9-14(11)21(19,20)10-15(18)17-12-6-3-2-4-7-12/h2-9H,10,16H2,1H3,(H,17,18). The van der Waals surface area contributed by atoms with Crippen LogP contribution in [0.3, 0.4) is 0 Å². The molecule has 1 amide bonds. The first-order chi connectivity index (χ1) is 9.90. The Morgan fingerprint density at radius 1 is 1.10 bits per heavy atom. The molecule has 0 aliphatic carbocycles. The van der Waals surface area contributed by atoms with Crippen molar-refractivity contribution in [3.05, 3.63) is 54.1 Å². The first-order valence-electron chi connectivity index (χ1n) is 6.33. The van der Waals surface area contributed by atoms with Gasteiger partial charge in [0.05, 0.1) is 4.90 Å². The van der Waals surface area contributed by atoms with Crippen molar-refractivity contribution in [2.45, 2.75) is 11.8 Å². The molecule has 2 aromatic rings. The molecule has 6 heteroatoms. The third-order valence-electron chi connectivity index (χ3n) is 3.04. The highest BCUT2D eigenvalue weighted by molar-refractivity contribution is 7.92. The second-order valence-electron chi connectivity index (χ2n) is 4.64. The first kappa shape index (κ1) is 15.1. The van der Waals surface area contributed by atoms with Crippen molar-refractivity contribution in [1.82, 2.24) is 0 Å². The van der Waals surface area contributed by atoms with Crippen molar-refractivity contribution < 1.29 is 13.2 Å². The van der Waals surface area contributed by atoms with E-state index in [2.05, 4.69) is 5.32 Å². The lowest BCUT2D eigenvalue weighted by Gasteiger charge is -2.10. The molecule has 0 radical (unpaired) electrons. The Kier molecular flexibility index (Phi) is 4.28. The smallest absolute Gasteiger partial charge is 0.239 e. The molecule has 0 saturated carbocycles. The van der Waals surface area contributed by atoms with Crippen LogP contribution in [-0.4, -0.2) is 20.1 Å². The molecule has 5 nitrogen and oxygen atoms in total. The van der Waals surface area contributed by atoms with Gasteiger partial charge in [-0.1, -0.05) is 24.3 Å². The van der Waals surface area contributed by atoms with Gasteiger partial charge in [0.15, 0.2) is 9.84 Å². The van der Waals surface area contributed by atoms with Crippen LogP contribution in [0.5, 0.6) is 0 Å². The number of rotatable bonds is 4. The SMILES string of the molecule is Cc1c(N)cccc1S(=O)(=O)CC(=O)Nc1ccccc1. The van der Waals surface area contributed by atoms with Crippen LogP contribution in [0.15, 0.2) is 53.4 Å². The fourth-order valence-corrected chi connectivity index (χ4v) is 3.38. The number of para-hydroxylation sites is 1. The number of hydrogen-bond donors (Lipinski definition) is 2. The van der Waals surface area contributed by atoms with Crippen molar-refractivity contribution in [3.8, 4) is 0 Å². The summed E-state index contributed by atoms with van der Waals surface area (Å²) in [6.07, 6.45) is 0. The summed E-state index contributed by atoms with van der Waals surface area (Å²) in [7, 11) is -3.72. The van der Waals surface area contributed by atoms with Gasteiger partial charge in [0, 0.05) is 11.4 Å². The normalized spacial score (nSPS) is 11.1. The summed E-state index contributed by atoms with van der Waals surface area (Å²) in [5, 5.41) is 2.55. The van der Waals surface area contributed by atoms with Gasteiger partial charge in [-0.3, -0.25) is 4.79 Å². The molecule has 0 aliphatic rings. The van der Waals surface area contributed by atoms with Crippen LogP contribution in [0.2, 0.25) is 0 Å². The van der Waals surface area contributed by atoms with E-state index in [1.54, 1.807) is 43.3 Å². The van der Waals surface area contributed by atoms with Crippen LogP contribution >= 0.6 is 0 Å². The highest BCUT2D eigenvalue weighted by atomic mass is 32.2. The van der Waals surface area contributed by atoms with Gasteiger partial charge >= 0.3 is 0 Å². The zero-order chi connectivity index (χ0) is 15.5. The fraction of sp³-hybridized carbons (Fsp3) is 0.133. The van der Waals surface area contributed by atoms with E-state index in [1.165, 1.54) is 6.07 Å². The van der Waals surface area contributed by atoms with E-state index in [-0.39, 0.29) is 4.90 Å². The molecule has 0 saturated heterocycles. The Balaban J connectivity index is 2.18. The molecular formula is C15H16N2O3S. The summed E-state index contributed by atoms with van der Waals surface area (Å²) in [6.45, 7) is 1.62. The maximum absolute atomic E-state index is 12.3. The average molecular weight is 304 g/mol. The van der Waals surface area contributed by atoms with Crippen LogP contribution in [0, 0.1) is 6.92 Å². The molecule has 2 aromatic carbocycles. The molecular weight excluding hydrogens is 288 g/mol. The summed E-state index contributed by atoms with van der Waals surface area (Å²) in [6, 6.07) is 13.3. The minimum Gasteiger partial charge on any atom is -0.398 e. The summed E-state index contributed by atoms with van der Waals surface area (Å²) in [5.41, 5.74) is 7.12. The van der Waals surface area contributed by atoms with Crippen molar-refractivity contribution >= 4 is 27.1 Å². The largest absolute Gasteiger partial charge is 0.398 e. The number of nitrogens with one attached hydrogen (secondary N) is 1. The molecule has 0 spiro atoms. The molecule has 0 fully saturated rings. The Morgan fingerprint density at radius 2 is 1.76 bits per heavy atom. The zero-order valence-corrected chi connectivity index (χ0v) is 12.4. The van der Waals surface area contributed by atoms with Gasteiger partial charge < -0.3 is 11.1 Å². The Labute approximate surface area is 123 Å². The van der Waals surface area contributed by atoms with Gasteiger partial charge in [-0.2, -0.15) is 0 Å². The molecule has 2 rings (SSSR count). The number of amides is 1. The van der Waals surface area contributed by atoms with E-state index in [1.807, 2.05) is 6.07 Å². The first-order valence-corrected chi connectivity index (χ1v) is 7.98. The second-order valence-corrected chi connectivity index (χ2v) is 6.60. The number of carbonyl (C=O) groups excluding carboxylic acids is 1. The van der Waals surface area contributed by atoms with Crippen LogP contribution in [0.25, 0.3) is 0 Å². The number of hydrogen-bond acceptors (Lipinski definition) is 4. The molecule has 0 unspecified atom stereocenters. The molecule has 0 atom stereocenters. The molecule has 110 valence electrons. The highest BCUT2D eigenvalue weighted by Gasteiger charge is 2.22. The van der Waals surface area contributed by atoms with Crippen LogP contribution in [0.4, 0.5) is 11.4 Å². The summed E-state index contributed by atoms with van der Waals surface area (Å²) < 4.78 is 24.6. The minimum absolute atomic E-state index is 0.0886. The van der Waals surface area contributed by atoms with Crippen molar-refractivity contribution in [2.75, 3.05) is 16.8 Å². The van der Waals surface area contributed by atoms with Crippen molar-refractivity contribution in [1.29, 1.82) is 0 Å². The van der Waals surface area contributed by atoms with Gasteiger partial charge in [-0.15, -0.1) is 0 Å². The Morgan fingerprint density at radius 3 is 2.43 bits per heavy atom. The lowest BCUT2D eigenvalue weighted by atomic mass is 10.2. The quantitative estimate of drug-likeness (QED) is 0.845. The molecule has 0 heterocycles. The number of nitrogens with two attached hydrogens (primary N) is 1. The Hall–Kier alpha value is -2.34. The zero-order valence-electron chi connectivity index (χ0n) is 11.5. The average Bonchev–Trinajstić information content (AvgIpc) is 2.42. The number of benzene rings is 2. The maximum atomic E-state index is 12.3. The maximum Gasteiger partial charge on any atom is 0.239 e. The molecule has 21 heavy (non-hydrogen) atoms. The Bertz CT molecular complexity index is 756. The third-order valence-corrected chi connectivity index (χ3v) is 4.79. The van der Waals surface area contributed by atoms with E-state index in [0.29, 0.717) is 16.9 Å². The number of nitrogen functional groups attached to an aromatic ring is 1. The van der Waals surface area contributed by atoms with Crippen LogP contribution < -0.4 is 11.1 Å². The van der Waals surface area contributed by atoms with E-state index >= 15 is 0 Å². The van der Waals surface area contributed by atoms with Gasteiger partial charge in [-0.25, -0.2) is 8.42 Å². The van der Waals surface area contributed by atoms with E-state index in [4.69, 9.17) is 5.73 Å². The lowest BCUT2D eigenvalue weighted by Crippen LogP contribution is -2.23. The lowest BCUT2D eigenvalue weighted by molar-refractivity contribution is -0.113. The predicted octanol–water partition coefficient (Wildman–Crippen LogP) is 1.99. The van der Waals surface area contributed by atoms with Crippen LogP contribution in [-0.2, 0) is 14.6 Å². The van der Waals surface area contributed by atoms with E-state index < -0.39 is 21.5 Å². The molecule has 3 N–H and O–H groups in total. The number of anilines is 2. The van der Waals surface area contributed by atoms with E-state index in [9.17, 15) is 13.2 Å². The molecule has 0 aliphatic heterocycles. The molecule has 0 aromatic heterocycles. The van der Waals surface area contributed by atoms with Gasteiger partial charge in [0.2, 0.25) is 5.91 Å². The monoisotopic (exact) mass is 304 g/mol. The summed E-state index contributed by atoms with van der Waals surface area (Å²) in [5.74, 6) is -1.20. The van der Waals surface area contributed by atoms with Gasteiger partial charge in [-0.05, 0) is 36.8 Å². The minimum atomic E-state index is -3.72. The topological polar surface area (TPSA) is 89.3 Å². The summed E-state index contributed by atoms with van der Waals surface area (Å²) >= 11 is 0. The third kappa shape index (κ3) is 3.61. The molecule has 0 bridgehead atoms. The van der Waals surface area contributed by atoms with Gasteiger partial charge in [0.1, 0.15) is 5.75 Å². The second kappa shape index (κ2) is 5.97. The fourth-order valence-electron chi connectivity index (χ4n) is 1.94. The van der Waals surface area contributed by atoms with E-state index in [0.717, 1.165) is 0 Å². The van der Waals surface area contributed by atoms with Gasteiger partial charge in [0.25, 0.3) is 0 Å². The number of sulfone groups is 1. The number of carbonyl (C=O) groups is 1. The van der Waals surface area contributed by atoms with Crippen molar-refractivity contribution in [2.24, 2.45) is 0 Å².